The molecule has 0 radical (unpaired) electrons. The van der Waals surface area contributed by atoms with E-state index in [2.05, 4.69) is 5.32 Å². The van der Waals surface area contributed by atoms with Crippen molar-refractivity contribution in [3.8, 4) is 0 Å². The van der Waals surface area contributed by atoms with E-state index in [0.717, 1.165) is 24.3 Å². The molecule has 3 N–H and O–H groups in total. The third-order valence-corrected chi connectivity index (χ3v) is 7.55. The Hall–Kier alpha value is 0.420. The summed E-state index contributed by atoms with van der Waals surface area (Å²) in [5.74, 6) is 4.84. The molecule has 1 heterocycles. The summed E-state index contributed by atoms with van der Waals surface area (Å²) in [7, 11) is 0. The van der Waals surface area contributed by atoms with Crippen LogP contribution in [0.15, 0.2) is 0 Å². The van der Waals surface area contributed by atoms with Crippen molar-refractivity contribution < 1.29 is 4.79 Å². The Morgan fingerprint density at radius 2 is 1.85 bits per heavy atom. The summed E-state index contributed by atoms with van der Waals surface area (Å²) in [5.41, 5.74) is 6.14. The molecular formula is C14H25ClN2OS2. The van der Waals surface area contributed by atoms with Gasteiger partial charge in [0.05, 0.1) is 5.25 Å². The van der Waals surface area contributed by atoms with E-state index in [1.165, 1.54) is 25.0 Å². The van der Waals surface area contributed by atoms with Crippen LogP contribution >= 0.6 is 35.9 Å². The van der Waals surface area contributed by atoms with Gasteiger partial charge in [0, 0.05) is 29.3 Å². The molecule has 20 heavy (non-hydrogen) atoms. The van der Waals surface area contributed by atoms with E-state index in [4.69, 9.17) is 5.73 Å². The highest BCUT2D eigenvalue weighted by Crippen LogP contribution is 2.40. The monoisotopic (exact) mass is 336 g/mol. The average Bonchev–Trinajstić information content (AvgIpc) is 2.41. The lowest BCUT2D eigenvalue weighted by atomic mass is 9.67. The number of halogens is 1. The number of thioether (sulfide) groups is 2. The molecule has 3 fully saturated rings. The second-order valence-electron chi connectivity index (χ2n) is 6.15. The molecule has 116 valence electrons. The molecule has 2 bridgehead atoms. The molecule has 6 heteroatoms. The molecule has 0 spiro atoms. The second-order valence-corrected chi connectivity index (χ2v) is 8.61. The SMILES string of the molecule is Cl.NC1CC2CCCC(C1)C2NC(=O)C1CSCCS1. The van der Waals surface area contributed by atoms with Gasteiger partial charge in [-0.15, -0.1) is 24.2 Å². The fourth-order valence-electron chi connectivity index (χ4n) is 3.92. The lowest BCUT2D eigenvalue weighted by Gasteiger charge is -2.45. The first-order valence-electron chi connectivity index (χ1n) is 7.49. The number of carbonyl (C=O) groups excluding carboxylic acids is 1. The van der Waals surface area contributed by atoms with Gasteiger partial charge in [-0.2, -0.15) is 11.8 Å². The van der Waals surface area contributed by atoms with Crippen molar-refractivity contribution >= 4 is 41.8 Å². The number of nitrogens with one attached hydrogen (secondary N) is 1. The van der Waals surface area contributed by atoms with Gasteiger partial charge in [0.15, 0.2) is 0 Å². The van der Waals surface area contributed by atoms with Crippen LogP contribution in [0.2, 0.25) is 0 Å². The van der Waals surface area contributed by atoms with Crippen LogP contribution in [0.4, 0.5) is 0 Å². The standard InChI is InChI=1S/C14H24N2OS2.ClH/c15-11-6-9-2-1-3-10(7-11)13(9)16-14(17)12-8-18-4-5-19-12;/h9-13H,1-8,15H2,(H,16,17);1H. The van der Waals surface area contributed by atoms with E-state index in [0.29, 0.717) is 23.9 Å². The van der Waals surface area contributed by atoms with Crippen molar-refractivity contribution in [3.63, 3.8) is 0 Å². The zero-order valence-electron chi connectivity index (χ0n) is 11.8. The molecule has 0 aromatic heterocycles. The number of amides is 1. The van der Waals surface area contributed by atoms with Crippen molar-refractivity contribution in [1.29, 1.82) is 0 Å². The van der Waals surface area contributed by atoms with E-state index in [1.54, 1.807) is 0 Å². The summed E-state index contributed by atoms with van der Waals surface area (Å²) in [6.07, 6.45) is 6.04. The van der Waals surface area contributed by atoms with E-state index in [9.17, 15) is 4.79 Å². The largest absolute Gasteiger partial charge is 0.352 e. The normalized spacial score (nSPS) is 40.5. The van der Waals surface area contributed by atoms with Gasteiger partial charge in [0.2, 0.25) is 5.91 Å². The molecule has 2 saturated carbocycles. The maximum atomic E-state index is 12.4. The highest BCUT2D eigenvalue weighted by Gasteiger charge is 2.40. The van der Waals surface area contributed by atoms with Crippen LogP contribution in [-0.4, -0.2) is 40.5 Å². The van der Waals surface area contributed by atoms with Gasteiger partial charge in [-0.05, 0) is 37.5 Å². The van der Waals surface area contributed by atoms with Gasteiger partial charge in [-0.3, -0.25) is 4.79 Å². The van der Waals surface area contributed by atoms with Crippen LogP contribution in [-0.2, 0) is 4.79 Å². The van der Waals surface area contributed by atoms with Gasteiger partial charge in [0.1, 0.15) is 0 Å². The van der Waals surface area contributed by atoms with Crippen molar-refractivity contribution in [2.45, 2.75) is 49.4 Å². The smallest absolute Gasteiger partial charge is 0.234 e. The van der Waals surface area contributed by atoms with Crippen LogP contribution in [0.1, 0.15) is 32.1 Å². The first-order chi connectivity index (χ1) is 9.24. The Bertz CT molecular complexity index is 325. The maximum absolute atomic E-state index is 12.4. The lowest BCUT2D eigenvalue weighted by molar-refractivity contribution is -0.122. The topological polar surface area (TPSA) is 55.1 Å². The highest BCUT2D eigenvalue weighted by molar-refractivity contribution is 8.07. The van der Waals surface area contributed by atoms with Crippen LogP contribution < -0.4 is 11.1 Å². The van der Waals surface area contributed by atoms with Crippen molar-refractivity contribution in [2.24, 2.45) is 17.6 Å². The van der Waals surface area contributed by atoms with E-state index >= 15 is 0 Å². The number of hydrogen-bond donors (Lipinski definition) is 2. The van der Waals surface area contributed by atoms with Gasteiger partial charge in [-0.1, -0.05) is 6.42 Å². The maximum Gasteiger partial charge on any atom is 0.234 e. The third-order valence-electron chi connectivity index (χ3n) is 4.79. The van der Waals surface area contributed by atoms with E-state index < -0.39 is 0 Å². The summed E-state index contributed by atoms with van der Waals surface area (Å²) in [4.78, 5) is 12.4. The van der Waals surface area contributed by atoms with Gasteiger partial charge < -0.3 is 11.1 Å². The van der Waals surface area contributed by atoms with Crippen LogP contribution in [0, 0.1) is 11.8 Å². The molecule has 3 unspecified atom stereocenters. The zero-order valence-corrected chi connectivity index (χ0v) is 14.2. The molecule has 1 saturated heterocycles. The van der Waals surface area contributed by atoms with Gasteiger partial charge >= 0.3 is 0 Å². The second kappa shape index (κ2) is 7.61. The fraction of sp³-hybridized carbons (Fsp3) is 0.929. The molecule has 3 aliphatic rings. The number of fused-ring (bicyclic) bond motifs is 2. The van der Waals surface area contributed by atoms with Crippen LogP contribution in [0.3, 0.4) is 0 Å². The molecule has 1 amide bonds. The highest BCUT2D eigenvalue weighted by atomic mass is 35.5. The van der Waals surface area contributed by atoms with E-state index in [-0.39, 0.29) is 23.6 Å². The number of carbonyl (C=O) groups is 1. The molecule has 3 nitrogen and oxygen atoms in total. The Balaban J connectivity index is 0.00000147. The molecular weight excluding hydrogens is 312 g/mol. The first-order valence-corrected chi connectivity index (χ1v) is 9.69. The molecule has 3 atom stereocenters. The van der Waals surface area contributed by atoms with Crippen molar-refractivity contribution in [2.75, 3.05) is 17.3 Å². The molecule has 2 aliphatic carbocycles. The van der Waals surface area contributed by atoms with Gasteiger partial charge in [0.25, 0.3) is 0 Å². The minimum absolute atomic E-state index is 0. The van der Waals surface area contributed by atoms with Crippen LogP contribution in [0.25, 0.3) is 0 Å². The Kier molecular flexibility index (Phi) is 6.39. The Morgan fingerprint density at radius 1 is 1.15 bits per heavy atom. The predicted octanol–water partition coefficient (Wildman–Crippen LogP) is 2.28. The Morgan fingerprint density at radius 3 is 2.45 bits per heavy atom. The lowest BCUT2D eigenvalue weighted by Crippen LogP contribution is -2.55. The molecule has 3 rings (SSSR count). The third kappa shape index (κ3) is 3.79. The fourth-order valence-corrected chi connectivity index (χ4v) is 6.49. The molecule has 0 aromatic carbocycles. The number of rotatable bonds is 2. The first kappa shape index (κ1) is 16.8. The summed E-state index contributed by atoms with van der Waals surface area (Å²) in [6, 6.07) is 0.775. The van der Waals surface area contributed by atoms with E-state index in [1.807, 2.05) is 23.5 Å². The van der Waals surface area contributed by atoms with Crippen molar-refractivity contribution in [3.05, 3.63) is 0 Å². The minimum Gasteiger partial charge on any atom is -0.352 e. The summed E-state index contributed by atoms with van der Waals surface area (Å²) >= 11 is 3.74. The minimum atomic E-state index is 0. The predicted molar refractivity (Wildman–Crippen MR) is 90.8 cm³/mol. The number of nitrogens with two attached hydrogens (primary N) is 1. The summed E-state index contributed by atoms with van der Waals surface area (Å²) < 4.78 is 0. The van der Waals surface area contributed by atoms with Gasteiger partial charge in [-0.25, -0.2) is 0 Å². The van der Waals surface area contributed by atoms with Crippen LogP contribution in [0.5, 0.6) is 0 Å². The molecule has 0 aromatic rings. The Labute approximate surface area is 136 Å². The van der Waals surface area contributed by atoms with Crippen molar-refractivity contribution in [1.82, 2.24) is 5.32 Å². The summed E-state index contributed by atoms with van der Waals surface area (Å²) in [5, 5.41) is 3.56. The zero-order chi connectivity index (χ0) is 13.2. The quantitative estimate of drug-likeness (QED) is 0.812. The molecule has 1 aliphatic heterocycles. The average molecular weight is 337 g/mol. The number of hydrogen-bond acceptors (Lipinski definition) is 4. The summed E-state index contributed by atoms with van der Waals surface area (Å²) in [6.45, 7) is 0.